The largest absolute Gasteiger partial charge is 0.477 e. The quantitative estimate of drug-likeness (QED) is 0.736. The molecule has 2 aromatic carbocycles. The van der Waals surface area contributed by atoms with E-state index in [2.05, 4.69) is 45.0 Å². The van der Waals surface area contributed by atoms with Crippen LogP contribution >= 0.6 is 0 Å². The first-order valence-electron chi connectivity index (χ1n) is 7.71. The molecular formula is C20H21NO2. The molecular weight excluding hydrogens is 286 g/mol. The number of nitrogens with zero attached hydrogens (tertiary/aromatic N) is 1. The van der Waals surface area contributed by atoms with E-state index in [1.54, 1.807) is 17.7 Å². The fourth-order valence-corrected chi connectivity index (χ4v) is 2.90. The second kappa shape index (κ2) is 5.27. The Kier molecular flexibility index (Phi) is 3.52. The molecule has 0 bridgehead atoms. The Morgan fingerprint density at radius 3 is 2.13 bits per heavy atom. The molecule has 3 rings (SSSR count). The maximum atomic E-state index is 11.3. The zero-order chi connectivity index (χ0) is 16.8. The Hall–Kier alpha value is -2.55. The van der Waals surface area contributed by atoms with Crippen molar-refractivity contribution in [1.82, 2.24) is 4.57 Å². The number of hydrogen-bond donors (Lipinski definition) is 1. The van der Waals surface area contributed by atoms with Crippen LogP contribution in [0.15, 0.2) is 48.5 Å². The second-order valence-electron chi connectivity index (χ2n) is 6.99. The highest BCUT2D eigenvalue weighted by Crippen LogP contribution is 2.29. The molecule has 0 radical (unpaired) electrons. The van der Waals surface area contributed by atoms with Crippen molar-refractivity contribution < 1.29 is 9.90 Å². The highest BCUT2D eigenvalue weighted by Gasteiger charge is 2.14. The van der Waals surface area contributed by atoms with E-state index >= 15 is 0 Å². The Balaban J connectivity index is 2.05. The summed E-state index contributed by atoms with van der Waals surface area (Å²) in [5.74, 6) is -0.903. The van der Waals surface area contributed by atoms with Crippen molar-refractivity contribution in [1.29, 1.82) is 0 Å². The molecule has 0 aliphatic carbocycles. The summed E-state index contributed by atoms with van der Waals surface area (Å²) in [6.07, 6.45) is 0. The minimum absolute atomic E-state index is 0.137. The van der Waals surface area contributed by atoms with Gasteiger partial charge in [0.15, 0.2) is 0 Å². The van der Waals surface area contributed by atoms with Gasteiger partial charge in [-0.3, -0.25) is 0 Å². The van der Waals surface area contributed by atoms with Gasteiger partial charge in [-0.1, -0.05) is 51.1 Å². The number of carboxylic acid groups (broad SMARTS) is 1. The van der Waals surface area contributed by atoms with Crippen LogP contribution in [0.5, 0.6) is 0 Å². The molecule has 0 saturated heterocycles. The fraction of sp³-hybridized carbons (Fsp3) is 0.250. The zero-order valence-corrected chi connectivity index (χ0v) is 13.9. The minimum Gasteiger partial charge on any atom is -0.477 e. The molecule has 3 aromatic rings. The lowest BCUT2D eigenvalue weighted by Crippen LogP contribution is -2.10. The molecule has 0 spiro atoms. The number of aryl methyl sites for hydroxylation is 1. The molecule has 3 heteroatoms. The van der Waals surface area contributed by atoms with Crippen molar-refractivity contribution in [3.63, 3.8) is 0 Å². The summed E-state index contributed by atoms with van der Waals surface area (Å²) < 4.78 is 1.71. The van der Waals surface area contributed by atoms with Gasteiger partial charge in [0.25, 0.3) is 0 Å². The van der Waals surface area contributed by atoms with Gasteiger partial charge in [-0.25, -0.2) is 4.79 Å². The summed E-state index contributed by atoms with van der Waals surface area (Å²) in [5, 5.41) is 10.2. The number of benzene rings is 2. The van der Waals surface area contributed by atoms with E-state index in [-0.39, 0.29) is 5.41 Å². The zero-order valence-electron chi connectivity index (χ0n) is 13.9. The number of carboxylic acids is 1. The summed E-state index contributed by atoms with van der Waals surface area (Å²) in [6.45, 7) is 6.60. The standard InChI is InChI=1S/C20H21NO2/c1-20(2,3)16-8-5-13(6-9-16)14-7-10-17-15(11-14)12-18(19(22)23)21(17)4/h5-12H,1-4H3,(H,22,23). The Bertz CT molecular complexity index is 880. The van der Waals surface area contributed by atoms with Crippen LogP contribution in [0.25, 0.3) is 22.0 Å². The molecule has 0 aliphatic heterocycles. The monoisotopic (exact) mass is 307 g/mol. The molecule has 0 amide bonds. The predicted molar refractivity (Wildman–Crippen MR) is 94.0 cm³/mol. The van der Waals surface area contributed by atoms with Crippen LogP contribution in [0.4, 0.5) is 0 Å². The number of carbonyl (C=O) groups is 1. The Morgan fingerprint density at radius 1 is 0.957 bits per heavy atom. The first-order chi connectivity index (χ1) is 10.8. The summed E-state index contributed by atoms with van der Waals surface area (Å²) in [5.41, 5.74) is 4.91. The van der Waals surface area contributed by atoms with Gasteiger partial charge in [0.1, 0.15) is 5.69 Å². The Labute approximate surface area is 136 Å². The molecule has 0 aliphatic rings. The van der Waals surface area contributed by atoms with E-state index in [1.165, 1.54) is 5.56 Å². The van der Waals surface area contributed by atoms with Gasteiger partial charge in [0.05, 0.1) is 0 Å². The minimum atomic E-state index is -0.903. The third-order valence-corrected chi connectivity index (χ3v) is 4.35. The third kappa shape index (κ3) is 2.74. The topological polar surface area (TPSA) is 42.2 Å². The summed E-state index contributed by atoms with van der Waals surface area (Å²) in [7, 11) is 1.78. The summed E-state index contributed by atoms with van der Waals surface area (Å²) >= 11 is 0. The van der Waals surface area contributed by atoms with Crippen molar-refractivity contribution in [3.8, 4) is 11.1 Å². The maximum Gasteiger partial charge on any atom is 0.352 e. The lowest BCUT2D eigenvalue weighted by Gasteiger charge is -2.19. The van der Waals surface area contributed by atoms with Gasteiger partial charge in [0, 0.05) is 18.0 Å². The number of aromatic nitrogens is 1. The number of hydrogen-bond acceptors (Lipinski definition) is 1. The summed E-state index contributed by atoms with van der Waals surface area (Å²) in [4.78, 5) is 11.3. The molecule has 0 saturated carbocycles. The number of fused-ring (bicyclic) bond motifs is 1. The lowest BCUT2D eigenvalue weighted by atomic mass is 9.86. The summed E-state index contributed by atoms with van der Waals surface area (Å²) in [6, 6.07) is 16.4. The van der Waals surface area contributed by atoms with Crippen molar-refractivity contribution in [3.05, 3.63) is 59.8 Å². The average Bonchev–Trinajstić information content (AvgIpc) is 2.83. The van der Waals surface area contributed by atoms with Crippen molar-refractivity contribution in [2.75, 3.05) is 0 Å². The van der Waals surface area contributed by atoms with Gasteiger partial charge in [-0.2, -0.15) is 0 Å². The van der Waals surface area contributed by atoms with Gasteiger partial charge in [-0.05, 0) is 40.3 Å². The normalized spacial score (nSPS) is 11.8. The first kappa shape index (κ1) is 15.3. The van der Waals surface area contributed by atoms with Crippen LogP contribution in [0.3, 0.4) is 0 Å². The van der Waals surface area contributed by atoms with Crippen LogP contribution in [-0.2, 0) is 12.5 Å². The molecule has 0 fully saturated rings. The fourth-order valence-electron chi connectivity index (χ4n) is 2.90. The highest BCUT2D eigenvalue weighted by molar-refractivity contribution is 5.96. The lowest BCUT2D eigenvalue weighted by molar-refractivity contribution is 0.0687. The molecule has 0 unspecified atom stereocenters. The third-order valence-electron chi connectivity index (χ3n) is 4.35. The molecule has 1 heterocycles. The molecule has 118 valence electrons. The van der Waals surface area contributed by atoms with Crippen LogP contribution in [0.2, 0.25) is 0 Å². The van der Waals surface area contributed by atoms with E-state index in [9.17, 15) is 9.90 Å². The van der Waals surface area contributed by atoms with Crippen molar-refractivity contribution in [2.45, 2.75) is 26.2 Å². The van der Waals surface area contributed by atoms with E-state index in [1.807, 2.05) is 18.2 Å². The average molecular weight is 307 g/mol. The van der Waals surface area contributed by atoms with E-state index in [0.29, 0.717) is 5.69 Å². The van der Waals surface area contributed by atoms with Crippen molar-refractivity contribution >= 4 is 16.9 Å². The highest BCUT2D eigenvalue weighted by atomic mass is 16.4. The van der Waals surface area contributed by atoms with E-state index in [4.69, 9.17) is 0 Å². The number of aromatic carboxylic acids is 1. The molecule has 0 atom stereocenters. The van der Waals surface area contributed by atoms with Gasteiger partial charge >= 0.3 is 5.97 Å². The predicted octanol–water partition coefficient (Wildman–Crippen LogP) is 4.84. The molecule has 3 nitrogen and oxygen atoms in total. The molecule has 23 heavy (non-hydrogen) atoms. The first-order valence-corrected chi connectivity index (χ1v) is 7.71. The van der Waals surface area contributed by atoms with Crippen LogP contribution in [-0.4, -0.2) is 15.6 Å². The second-order valence-corrected chi connectivity index (χ2v) is 6.99. The molecule has 1 N–H and O–H groups in total. The number of rotatable bonds is 2. The van der Waals surface area contributed by atoms with E-state index < -0.39 is 5.97 Å². The van der Waals surface area contributed by atoms with Crippen LogP contribution in [0, 0.1) is 0 Å². The van der Waals surface area contributed by atoms with Crippen LogP contribution < -0.4 is 0 Å². The molecule has 1 aromatic heterocycles. The van der Waals surface area contributed by atoms with Gasteiger partial charge in [-0.15, -0.1) is 0 Å². The SMILES string of the molecule is Cn1c(C(=O)O)cc2cc(-c3ccc(C(C)(C)C)cc3)ccc21. The van der Waals surface area contributed by atoms with Gasteiger partial charge < -0.3 is 9.67 Å². The Morgan fingerprint density at radius 2 is 1.57 bits per heavy atom. The maximum absolute atomic E-state index is 11.3. The van der Waals surface area contributed by atoms with Crippen molar-refractivity contribution in [2.24, 2.45) is 7.05 Å². The van der Waals surface area contributed by atoms with E-state index in [0.717, 1.165) is 22.0 Å². The smallest absolute Gasteiger partial charge is 0.352 e. The van der Waals surface area contributed by atoms with Gasteiger partial charge in [0.2, 0.25) is 0 Å². The van der Waals surface area contributed by atoms with Crippen LogP contribution in [0.1, 0.15) is 36.8 Å².